The predicted molar refractivity (Wildman–Crippen MR) is 88.4 cm³/mol. The third-order valence-electron chi connectivity index (χ3n) is 3.03. The Balaban J connectivity index is 2.02. The molecular formula is C15H17BrN2O2S. The van der Waals surface area contributed by atoms with Crippen molar-refractivity contribution in [2.45, 2.75) is 32.4 Å². The highest BCUT2D eigenvalue weighted by atomic mass is 79.9. The first kappa shape index (κ1) is 16.1. The van der Waals surface area contributed by atoms with Crippen molar-refractivity contribution in [2.24, 2.45) is 0 Å². The molecule has 0 saturated carbocycles. The van der Waals surface area contributed by atoms with Gasteiger partial charge in [0.1, 0.15) is 11.0 Å². The first-order valence-corrected chi connectivity index (χ1v) is 8.44. The van der Waals surface area contributed by atoms with Crippen LogP contribution in [0.5, 0.6) is 0 Å². The van der Waals surface area contributed by atoms with Gasteiger partial charge in [-0.1, -0.05) is 41.4 Å². The van der Waals surface area contributed by atoms with E-state index in [2.05, 4.69) is 26.2 Å². The summed E-state index contributed by atoms with van der Waals surface area (Å²) >= 11 is 5.01. The molecule has 1 aromatic heterocycles. The van der Waals surface area contributed by atoms with Crippen LogP contribution in [-0.2, 0) is 11.3 Å². The molecule has 1 heterocycles. The highest BCUT2D eigenvalue weighted by Crippen LogP contribution is 2.26. The van der Waals surface area contributed by atoms with Gasteiger partial charge in [-0.3, -0.25) is 10.1 Å². The maximum absolute atomic E-state index is 11.1. The summed E-state index contributed by atoms with van der Waals surface area (Å²) in [6, 6.07) is 7.47. The number of thiazole rings is 1. The lowest BCUT2D eigenvalue weighted by Crippen LogP contribution is -2.36. The van der Waals surface area contributed by atoms with Gasteiger partial charge in [0, 0.05) is 22.0 Å². The van der Waals surface area contributed by atoms with E-state index in [0.717, 1.165) is 27.2 Å². The number of carboxylic acids is 1. The first-order valence-electron chi connectivity index (χ1n) is 6.76. The molecule has 2 N–H and O–H groups in total. The van der Waals surface area contributed by atoms with Crippen LogP contribution in [0.25, 0.3) is 10.6 Å². The SMILES string of the molecule is CCCC(NCc1csc(-c2cccc(Br)c2)n1)C(=O)O. The molecule has 21 heavy (non-hydrogen) atoms. The van der Waals surface area contributed by atoms with Crippen LogP contribution in [-0.4, -0.2) is 22.1 Å². The number of aromatic nitrogens is 1. The molecule has 4 nitrogen and oxygen atoms in total. The minimum absolute atomic E-state index is 0.474. The molecule has 0 bridgehead atoms. The second-order valence-electron chi connectivity index (χ2n) is 4.71. The average Bonchev–Trinajstić information content (AvgIpc) is 2.92. The summed E-state index contributed by atoms with van der Waals surface area (Å²) in [5.41, 5.74) is 1.93. The van der Waals surface area contributed by atoms with Crippen LogP contribution in [0.2, 0.25) is 0 Å². The number of aliphatic carboxylic acids is 1. The summed E-state index contributed by atoms with van der Waals surface area (Å²) < 4.78 is 1.02. The van der Waals surface area contributed by atoms with Gasteiger partial charge in [0.25, 0.3) is 0 Å². The minimum Gasteiger partial charge on any atom is -0.480 e. The Bertz CT molecular complexity index is 615. The Kier molecular flexibility index (Phi) is 5.90. The fourth-order valence-corrected chi connectivity index (χ4v) is 3.19. The number of rotatable bonds is 7. The van der Waals surface area contributed by atoms with Gasteiger partial charge in [0.05, 0.1) is 5.69 Å². The van der Waals surface area contributed by atoms with E-state index in [1.165, 1.54) is 0 Å². The number of benzene rings is 1. The number of carbonyl (C=O) groups is 1. The Labute approximate surface area is 136 Å². The number of halogens is 1. The summed E-state index contributed by atoms with van der Waals surface area (Å²) in [7, 11) is 0. The molecule has 6 heteroatoms. The number of hydrogen-bond donors (Lipinski definition) is 2. The Morgan fingerprint density at radius 3 is 3.00 bits per heavy atom. The quantitative estimate of drug-likeness (QED) is 0.777. The molecule has 0 aliphatic rings. The van der Waals surface area contributed by atoms with E-state index in [0.29, 0.717) is 13.0 Å². The van der Waals surface area contributed by atoms with Gasteiger partial charge in [-0.05, 0) is 18.6 Å². The van der Waals surface area contributed by atoms with E-state index in [4.69, 9.17) is 5.11 Å². The maximum Gasteiger partial charge on any atom is 0.320 e. The van der Waals surface area contributed by atoms with Crippen molar-refractivity contribution in [1.82, 2.24) is 10.3 Å². The molecule has 2 aromatic rings. The standard InChI is InChI=1S/C15H17BrN2O2S/c1-2-4-13(15(19)20)17-8-12-9-21-14(18-12)10-5-3-6-11(16)7-10/h3,5-7,9,13,17H,2,4,8H2,1H3,(H,19,20). The topological polar surface area (TPSA) is 62.2 Å². The van der Waals surface area contributed by atoms with Crippen LogP contribution >= 0.6 is 27.3 Å². The van der Waals surface area contributed by atoms with Crippen LogP contribution in [0.1, 0.15) is 25.5 Å². The van der Waals surface area contributed by atoms with Crippen molar-refractivity contribution in [3.63, 3.8) is 0 Å². The van der Waals surface area contributed by atoms with E-state index in [1.807, 2.05) is 36.6 Å². The second-order valence-corrected chi connectivity index (χ2v) is 6.49. The summed E-state index contributed by atoms with van der Waals surface area (Å²) in [5, 5.41) is 15.1. The van der Waals surface area contributed by atoms with Gasteiger partial charge in [0.15, 0.2) is 0 Å². The summed E-state index contributed by atoms with van der Waals surface area (Å²) in [5.74, 6) is -0.806. The molecule has 0 radical (unpaired) electrons. The molecule has 2 rings (SSSR count). The van der Waals surface area contributed by atoms with Crippen molar-refractivity contribution < 1.29 is 9.90 Å². The van der Waals surface area contributed by atoms with E-state index >= 15 is 0 Å². The largest absolute Gasteiger partial charge is 0.480 e. The molecule has 0 saturated heterocycles. The predicted octanol–water partition coefficient (Wildman–Crippen LogP) is 3.92. The molecule has 0 amide bonds. The van der Waals surface area contributed by atoms with Crippen molar-refractivity contribution in [3.05, 3.63) is 39.8 Å². The van der Waals surface area contributed by atoms with E-state index in [-0.39, 0.29) is 0 Å². The number of carboxylic acid groups (broad SMARTS) is 1. The van der Waals surface area contributed by atoms with Crippen molar-refractivity contribution in [2.75, 3.05) is 0 Å². The molecule has 0 spiro atoms. The van der Waals surface area contributed by atoms with Gasteiger partial charge < -0.3 is 5.11 Å². The second kappa shape index (κ2) is 7.68. The first-order chi connectivity index (χ1) is 10.1. The summed E-state index contributed by atoms with van der Waals surface area (Å²) in [4.78, 5) is 15.6. The fraction of sp³-hybridized carbons (Fsp3) is 0.333. The Hall–Kier alpha value is -1.24. The highest BCUT2D eigenvalue weighted by Gasteiger charge is 2.16. The molecule has 1 unspecified atom stereocenters. The molecular weight excluding hydrogens is 352 g/mol. The van der Waals surface area contributed by atoms with Crippen molar-refractivity contribution in [1.29, 1.82) is 0 Å². The van der Waals surface area contributed by atoms with Gasteiger partial charge >= 0.3 is 5.97 Å². The van der Waals surface area contributed by atoms with Gasteiger partial charge in [0.2, 0.25) is 0 Å². The van der Waals surface area contributed by atoms with Crippen LogP contribution < -0.4 is 5.32 Å². The van der Waals surface area contributed by atoms with E-state index in [1.54, 1.807) is 11.3 Å². The minimum atomic E-state index is -0.806. The molecule has 1 aromatic carbocycles. The highest BCUT2D eigenvalue weighted by molar-refractivity contribution is 9.10. The molecule has 112 valence electrons. The van der Waals surface area contributed by atoms with Gasteiger partial charge in [-0.25, -0.2) is 4.98 Å². The maximum atomic E-state index is 11.1. The smallest absolute Gasteiger partial charge is 0.320 e. The lowest BCUT2D eigenvalue weighted by Gasteiger charge is -2.11. The molecule has 0 aliphatic heterocycles. The monoisotopic (exact) mass is 368 g/mol. The lowest BCUT2D eigenvalue weighted by molar-refractivity contribution is -0.139. The van der Waals surface area contributed by atoms with Crippen LogP contribution in [0.3, 0.4) is 0 Å². The van der Waals surface area contributed by atoms with Gasteiger partial charge in [-0.2, -0.15) is 0 Å². The number of nitrogens with zero attached hydrogens (tertiary/aromatic N) is 1. The van der Waals surface area contributed by atoms with Crippen molar-refractivity contribution in [3.8, 4) is 10.6 Å². The van der Waals surface area contributed by atoms with E-state index < -0.39 is 12.0 Å². The number of nitrogens with one attached hydrogen (secondary N) is 1. The summed E-state index contributed by atoms with van der Waals surface area (Å²) in [6.07, 6.45) is 1.46. The summed E-state index contributed by atoms with van der Waals surface area (Å²) in [6.45, 7) is 2.45. The number of hydrogen-bond acceptors (Lipinski definition) is 4. The third-order valence-corrected chi connectivity index (χ3v) is 4.46. The van der Waals surface area contributed by atoms with Crippen LogP contribution in [0, 0.1) is 0 Å². The van der Waals surface area contributed by atoms with E-state index in [9.17, 15) is 4.79 Å². The van der Waals surface area contributed by atoms with Crippen LogP contribution in [0.4, 0.5) is 0 Å². The average molecular weight is 369 g/mol. The molecule has 0 aliphatic carbocycles. The Morgan fingerprint density at radius 2 is 2.33 bits per heavy atom. The van der Waals surface area contributed by atoms with Gasteiger partial charge in [-0.15, -0.1) is 11.3 Å². The molecule has 1 atom stereocenters. The zero-order chi connectivity index (χ0) is 15.2. The zero-order valence-corrected chi connectivity index (χ0v) is 14.1. The zero-order valence-electron chi connectivity index (χ0n) is 11.7. The lowest BCUT2D eigenvalue weighted by atomic mass is 10.1. The third kappa shape index (κ3) is 4.62. The normalized spacial score (nSPS) is 12.3. The molecule has 0 fully saturated rings. The van der Waals surface area contributed by atoms with Crippen molar-refractivity contribution >= 4 is 33.2 Å². The Morgan fingerprint density at radius 1 is 1.52 bits per heavy atom. The fourth-order valence-electron chi connectivity index (χ4n) is 1.97. The van der Waals surface area contributed by atoms with Crippen LogP contribution in [0.15, 0.2) is 34.1 Å².